The van der Waals surface area contributed by atoms with E-state index in [0.717, 1.165) is 11.2 Å². The maximum Gasteiger partial charge on any atom is 0.136 e. The maximum absolute atomic E-state index is 4.05. The van der Waals surface area contributed by atoms with Crippen molar-refractivity contribution in [1.29, 1.82) is 0 Å². The van der Waals surface area contributed by atoms with Gasteiger partial charge in [0.05, 0.1) is 11.2 Å². The molecule has 10 heavy (non-hydrogen) atoms. The van der Waals surface area contributed by atoms with Crippen molar-refractivity contribution in [2.24, 2.45) is 0 Å². The lowest BCUT2D eigenvalue weighted by atomic mass is 10.4. The Morgan fingerprint density at radius 1 is 1.50 bits per heavy atom. The normalized spacial score (nSPS) is 10.5. The smallest absolute Gasteiger partial charge is 0.136 e. The highest BCUT2D eigenvalue weighted by molar-refractivity contribution is 5.49. The van der Waals surface area contributed by atoms with E-state index in [-0.39, 0.29) is 0 Å². The second-order valence-corrected chi connectivity index (χ2v) is 2.18. The van der Waals surface area contributed by atoms with Gasteiger partial charge in [0.25, 0.3) is 0 Å². The van der Waals surface area contributed by atoms with Gasteiger partial charge in [-0.3, -0.25) is 0 Å². The van der Waals surface area contributed by atoms with Crippen LogP contribution in [0, 0.1) is 6.92 Å². The Morgan fingerprint density at radius 2 is 2.40 bits per heavy atom. The molecular formula is C7H7N3. The summed E-state index contributed by atoms with van der Waals surface area (Å²) >= 11 is 0. The van der Waals surface area contributed by atoms with E-state index in [2.05, 4.69) is 10.1 Å². The van der Waals surface area contributed by atoms with Crippen molar-refractivity contribution in [1.82, 2.24) is 14.6 Å². The van der Waals surface area contributed by atoms with E-state index in [0.29, 0.717) is 0 Å². The molecule has 0 atom stereocenters. The van der Waals surface area contributed by atoms with Gasteiger partial charge in [0, 0.05) is 6.20 Å². The lowest BCUT2D eigenvalue weighted by molar-refractivity contribution is 0.887. The van der Waals surface area contributed by atoms with Gasteiger partial charge in [-0.05, 0) is 19.1 Å². The first kappa shape index (κ1) is 5.41. The average molecular weight is 133 g/mol. The summed E-state index contributed by atoms with van der Waals surface area (Å²) in [6.45, 7) is 1.97. The lowest BCUT2D eigenvalue weighted by Gasteiger charge is -1.93. The van der Waals surface area contributed by atoms with Crippen LogP contribution < -0.4 is 0 Å². The molecule has 0 fully saturated rings. The van der Waals surface area contributed by atoms with Crippen molar-refractivity contribution < 1.29 is 0 Å². The first-order valence-electron chi connectivity index (χ1n) is 3.13. The monoisotopic (exact) mass is 133 g/mol. The molecule has 2 aromatic heterocycles. The molecule has 2 heterocycles. The van der Waals surface area contributed by atoms with Crippen molar-refractivity contribution in [2.45, 2.75) is 6.92 Å². The number of aryl methyl sites for hydroxylation is 1. The molecular weight excluding hydrogens is 126 g/mol. The quantitative estimate of drug-likeness (QED) is 0.537. The fourth-order valence-electron chi connectivity index (χ4n) is 0.994. The van der Waals surface area contributed by atoms with Crippen molar-refractivity contribution >= 4 is 5.52 Å². The minimum Gasteiger partial charge on any atom is -0.238 e. The molecule has 0 N–H and O–H groups in total. The molecule has 0 bridgehead atoms. The van der Waals surface area contributed by atoms with Gasteiger partial charge in [0.15, 0.2) is 0 Å². The molecule has 0 unspecified atom stereocenters. The standard InChI is InChI=1S/C7H7N3/c1-6-7-3-2-4-10(7)9-5-8-6/h2-5H,1H3. The predicted molar refractivity (Wildman–Crippen MR) is 37.7 cm³/mol. The first-order valence-corrected chi connectivity index (χ1v) is 3.13. The van der Waals surface area contributed by atoms with Gasteiger partial charge < -0.3 is 0 Å². The van der Waals surface area contributed by atoms with E-state index < -0.39 is 0 Å². The summed E-state index contributed by atoms with van der Waals surface area (Å²) in [6.07, 6.45) is 3.46. The maximum atomic E-state index is 4.05. The summed E-state index contributed by atoms with van der Waals surface area (Å²) in [4.78, 5) is 4.05. The molecule has 0 amide bonds. The Bertz CT molecular complexity index is 350. The fraction of sp³-hybridized carbons (Fsp3) is 0.143. The Balaban J connectivity index is 2.95. The summed E-state index contributed by atoms with van der Waals surface area (Å²) in [5, 5.41) is 4.01. The van der Waals surface area contributed by atoms with E-state index in [1.807, 2.05) is 29.8 Å². The molecule has 50 valence electrons. The average Bonchev–Trinajstić information content (AvgIpc) is 2.36. The summed E-state index contributed by atoms with van der Waals surface area (Å²) in [5.74, 6) is 0. The summed E-state index contributed by atoms with van der Waals surface area (Å²) in [7, 11) is 0. The number of rotatable bonds is 0. The van der Waals surface area contributed by atoms with Gasteiger partial charge in [-0.25, -0.2) is 9.50 Å². The third kappa shape index (κ3) is 0.603. The molecule has 0 radical (unpaired) electrons. The van der Waals surface area contributed by atoms with Crippen LogP contribution >= 0.6 is 0 Å². The summed E-state index contributed by atoms with van der Waals surface area (Å²) < 4.78 is 1.81. The van der Waals surface area contributed by atoms with Gasteiger partial charge in [-0.15, -0.1) is 0 Å². The largest absolute Gasteiger partial charge is 0.238 e. The highest BCUT2D eigenvalue weighted by atomic mass is 15.2. The second-order valence-electron chi connectivity index (χ2n) is 2.18. The molecule has 3 nitrogen and oxygen atoms in total. The molecule has 0 aliphatic rings. The zero-order valence-corrected chi connectivity index (χ0v) is 5.65. The van der Waals surface area contributed by atoms with Gasteiger partial charge in [0.1, 0.15) is 6.33 Å². The number of aromatic nitrogens is 3. The minimum atomic E-state index is 1.01. The number of hydrogen-bond donors (Lipinski definition) is 0. The fourth-order valence-corrected chi connectivity index (χ4v) is 0.994. The molecule has 0 spiro atoms. The van der Waals surface area contributed by atoms with Crippen molar-refractivity contribution in [3.05, 3.63) is 30.4 Å². The lowest BCUT2D eigenvalue weighted by Crippen LogP contribution is -1.92. The van der Waals surface area contributed by atoms with Crippen LogP contribution in [0.1, 0.15) is 5.69 Å². The SMILES string of the molecule is Cc1ncnn2cccc12. The third-order valence-corrected chi connectivity index (χ3v) is 1.53. The van der Waals surface area contributed by atoms with Crippen LogP contribution in [0.2, 0.25) is 0 Å². The van der Waals surface area contributed by atoms with Gasteiger partial charge in [-0.2, -0.15) is 5.10 Å². The Hall–Kier alpha value is -1.38. The Kier molecular flexibility index (Phi) is 0.974. The summed E-state index contributed by atoms with van der Waals surface area (Å²) in [6, 6.07) is 3.95. The molecule has 3 heteroatoms. The van der Waals surface area contributed by atoms with E-state index >= 15 is 0 Å². The highest BCUT2D eigenvalue weighted by Crippen LogP contribution is 2.03. The molecule has 0 aromatic carbocycles. The second kappa shape index (κ2) is 1.80. The van der Waals surface area contributed by atoms with Gasteiger partial charge >= 0.3 is 0 Å². The van der Waals surface area contributed by atoms with Crippen LogP contribution in [0.3, 0.4) is 0 Å². The van der Waals surface area contributed by atoms with Crippen LogP contribution in [0.25, 0.3) is 5.52 Å². The number of nitrogens with zero attached hydrogens (tertiary/aromatic N) is 3. The van der Waals surface area contributed by atoms with Crippen LogP contribution in [0.4, 0.5) is 0 Å². The van der Waals surface area contributed by atoms with E-state index in [1.54, 1.807) is 6.33 Å². The van der Waals surface area contributed by atoms with Gasteiger partial charge in [0.2, 0.25) is 0 Å². The zero-order chi connectivity index (χ0) is 6.97. The van der Waals surface area contributed by atoms with Crippen LogP contribution in [0.15, 0.2) is 24.7 Å². The molecule has 0 saturated heterocycles. The first-order chi connectivity index (χ1) is 4.88. The Labute approximate surface area is 58.3 Å². The number of fused-ring (bicyclic) bond motifs is 1. The zero-order valence-electron chi connectivity index (χ0n) is 5.65. The van der Waals surface area contributed by atoms with E-state index in [9.17, 15) is 0 Å². The molecule has 0 saturated carbocycles. The number of hydrogen-bond acceptors (Lipinski definition) is 2. The predicted octanol–water partition coefficient (Wildman–Crippen LogP) is 1.04. The van der Waals surface area contributed by atoms with Crippen LogP contribution in [-0.4, -0.2) is 14.6 Å². The third-order valence-electron chi connectivity index (χ3n) is 1.53. The van der Waals surface area contributed by atoms with Crippen molar-refractivity contribution in [3.8, 4) is 0 Å². The molecule has 2 aromatic rings. The van der Waals surface area contributed by atoms with Crippen LogP contribution in [-0.2, 0) is 0 Å². The molecule has 0 aliphatic heterocycles. The highest BCUT2D eigenvalue weighted by Gasteiger charge is 1.94. The topological polar surface area (TPSA) is 30.2 Å². The minimum absolute atomic E-state index is 1.01. The van der Waals surface area contributed by atoms with E-state index in [4.69, 9.17) is 0 Å². The van der Waals surface area contributed by atoms with Crippen LogP contribution in [0.5, 0.6) is 0 Å². The molecule has 2 rings (SSSR count). The summed E-state index contributed by atoms with van der Waals surface area (Å²) in [5.41, 5.74) is 2.09. The van der Waals surface area contributed by atoms with Crippen molar-refractivity contribution in [2.75, 3.05) is 0 Å². The van der Waals surface area contributed by atoms with Crippen molar-refractivity contribution in [3.63, 3.8) is 0 Å². The molecule has 0 aliphatic carbocycles. The van der Waals surface area contributed by atoms with Gasteiger partial charge in [-0.1, -0.05) is 0 Å². The van der Waals surface area contributed by atoms with E-state index in [1.165, 1.54) is 0 Å². The Morgan fingerprint density at radius 3 is 3.20 bits per heavy atom.